The molecule has 1 aromatic rings. The van der Waals surface area contributed by atoms with E-state index in [4.69, 9.17) is 4.55 Å². The molecule has 0 amide bonds. The predicted octanol–water partition coefficient (Wildman–Crippen LogP) is 1.23. The molecule has 1 rings (SSSR count). The SMILES string of the molecule is CC(=NOS(=O)(=O)O)c1ccccc1. The van der Waals surface area contributed by atoms with Gasteiger partial charge in [0.15, 0.2) is 0 Å². The predicted molar refractivity (Wildman–Crippen MR) is 51.3 cm³/mol. The maximum Gasteiger partial charge on any atom is 0.466 e. The van der Waals surface area contributed by atoms with Crippen molar-refractivity contribution in [3.8, 4) is 0 Å². The smallest absolute Gasteiger partial charge is 0.253 e. The highest BCUT2D eigenvalue weighted by Crippen LogP contribution is 2.01. The van der Waals surface area contributed by atoms with Crippen molar-refractivity contribution in [3.63, 3.8) is 0 Å². The summed E-state index contributed by atoms with van der Waals surface area (Å²) in [7, 11) is -4.51. The highest BCUT2D eigenvalue weighted by Gasteiger charge is 2.04. The monoisotopic (exact) mass is 215 g/mol. The molecule has 1 aromatic carbocycles. The number of hydrogen-bond donors (Lipinski definition) is 1. The van der Waals surface area contributed by atoms with Crippen LogP contribution in [0.5, 0.6) is 0 Å². The summed E-state index contributed by atoms with van der Waals surface area (Å²) in [5.74, 6) is 0. The van der Waals surface area contributed by atoms with E-state index in [-0.39, 0.29) is 0 Å². The zero-order valence-corrected chi connectivity index (χ0v) is 8.23. The summed E-state index contributed by atoms with van der Waals surface area (Å²) in [6.07, 6.45) is 0. The first-order chi connectivity index (χ1) is 6.49. The molecule has 5 nitrogen and oxygen atoms in total. The zero-order chi connectivity index (χ0) is 10.6. The molecule has 6 heteroatoms. The molecule has 0 aliphatic rings. The van der Waals surface area contributed by atoms with Gasteiger partial charge in [0.2, 0.25) is 0 Å². The molecule has 0 atom stereocenters. The van der Waals surface area contributed by atoms with Gasteiger partial charge in [-0.3, -0.25) is 4.55 Å². The van der Waals surface area contributed by atoms with E-state index in [1.807, 2.05) is 6.07 Å². The van der Waals surface area contributed by atoms with Crippen molar-refractivity contribution in [1.29, 1.82) is 0 Å². The molecule has 0 fully saturated rings. The van der Waals surface area contributed by atoms with Gasteiger partial charge in [-0.1, -0.05) is 35.5 Å². The lowest BCUT2D eigenvalue weighted by atomic mass is 10.1. The third-order valence-corrected chi connectivity index (χ3v) is 1.72. The molecule has 0 radical (unpaired) electrons. The molecule has 0 unspecified atom stereocenters. The van der Waals surface area contributed by atoms with Crippen molar-refractivity contribution < 1.29 is 17.3 Å². The molecule has 0 aromatic heterocycles. The Hall–Kier alpha value is -1.40. The fraction of sp³-hybridized carbons (Fsp3) is 0.125. The quantitative estimate of drug-likeness (QED) is 0.467. The van der Waals surface area contributed by atoms with E-state index in [9.17, 15) is 8.42 Å². The summed E-state index contributed by atoms with van der Waals surface area (Å²) >= 11 is 0. The Labute approximate surface area is 82.0 Å². The third-order valence-electron chi connectivity index (χ3n) is 1.46. The first-order valence-corrected chi connectivity index (χ1v) is 5.11. The number of hydrogen-bond acceptors (Lipinski definition) is 4. The summed E-state index contributed by atoms with van der Waals surface area (Å²) in [6.45, 7) is 1.57. The maximum absolute atomic E-state index is 10.2. The second-order valence-electron chi connectivity index (χ2n) is 2.54. The van der Waals surface area contributed by atoms with Crippen molar-refractivity contribution in [2.75, 3.05) is 0 Å². The molecule has 0 bridgehead atoms. The Kier molecular flexibility index (Phi) is 3.21. The van der Waals surface area contributed by atoms with Gasteiger partial charge in [0.1, 0.15) is 0 Å². The van der Waals surface area contributed by atoms with Crippen LogP contribution in [0.1, 0.15) is 12.5 Å². The minimum atomic E-state index is -4.51. The van der Waals surface area contributed by atoms with E-state index in [0.29, 0.717) is 5.71 Å². The van der Waals surface area contributed by atoms with Crippen LogP contribution >= 0.6 is 0 Å². The average molecular weight is 215 g/mol. The number of nitrogens with zero attached hydrogens (tertiary/aromatic N) is 1. The number of rotatable bonds is 3. The van der Waals surface area contributed by atoms with Gasteiger partial charge in [-0.25, -0.2) is 4.28 Å². The maximum atomic E-state index is 10.2. The van der Waals surface area contributed by atoms with Crippen LogP contribution in [0.25, 0.3) is 0 Å². The molecule has 1 N–H and O–H groups in total. The van der Waals surface area contributed by atoms with Gasteiger partial charge in [0.25, 0.3) is 0 Å². The molecule has 0 aliphatic carbocycles. The highest BCUT2D eigenvalue weighted by atomic mass is 32.3. The molecule has 0 spiro atoms. The molecular formula is C8H9NO4S. The summed E-state index contributed by atoms with van der Waals surface area (Å²) < 4.78 is 32.5. The van der Waals surface area contributed by atoms with Crippen molar-refractivity contribution in [2.45, 2.75) is 6.92 Å². The summed E-state index contributed by atoms with van der Waals surface area (Å²) in [5, 5.41) is 3.24. The Morgan fingerprint density at radius 1 is 1.36 bits per heavy atom. The Morgan fingerprint density at radius 2 is 1.93 bits per heavy atom. The largest absolute Gasteiger partial charge is 0.466 e. The summed E-state index contributed by atoms with van der Waals surface area (Å²) in [6, 6.07) is 8.86. The van der Waals surface area contributed by atoms with Gasteiger partial charge in [-0.2, -0.15) is 8.42 Å². The molecule has 0 saturated heterocycles. The van der Waals surface area contributed by atoms with Gasteiger partial charge in [0, 0.05) is 0 Å². The van der Waals surface area contributed by atoms with Crippen LogP contribution in [0.2, 0.25) is 0 Å². The lowest BCUT2D eigenvalue weighted by Crippen LogP contribution is -2.02. The van der Waals surface area contributed by atoms with E-state index >= 15 is 0 Å². The molecule has 76 valence electrons. The van der Waals surface area contributed by atoms with Crippen LogP contribution in [-0.2, 0) is 14.7 Å². The van der Waals surface area contributed by atoms with Crippen molar-refractivity contribution >= 4 is 16.1 Å². The van der Waals surface area contributed by atoms with Crippen LogP contribution in [0.3, 0.4) is 0 Å². The van der Waals surface area contributed by atoms with E-state index in [2.05, 4.69) is 9.44 Å². The van der Waals surface area contributed by atoms with Gasteiger partial charge < -0.3 is 0 Å². The Bertz CT molecular complexity index is 424. The Balaban J connectivity index is 2.81. The van der Waals surface area contributed by atoms with Crippen molar-refractivity contribution in [2.24, 2.45) is 5.16 Å². The number of benzene rings is 1. The first kappa shape index (κ1) is 10.7. The molecule has 0 heterocycles. The Morgan fingerprint density at radius 3 is 2.43 bits per heavy atom. The summed E-state index contributed by atoms with van der Waals surface area (Å²) in [5.41, 5.74) is 1.08. The van der Waals surface area contributed by atoms with E-state index in [1.54, 1.807) is 31.2 Å². The van der Waals surface area contributed by atoms with Crippen LogP contribution in [0.4, 0.5) is 0 Å². The van der Waals surface area contributed by atoms with Crippen LogP contribution in [0.15, 0.2) is 35.5 Å². The molecule has 0 aliphatic heterocycles. The van der Waals surface area contributed by atoms with E-state index in [1.165, 1.54) is 0 Å². The second-order valence-corrected chi connectivity index (χ2v) is 3.55. The van der Waals surface area contributed by atoms with Gasteiger partial charge in [0.05, 0.1) is 5.71 Å². The van der Waals surface area contributed by atoms with Crippen molar-refractivity contribution in [3.05, 3.63) is 35.9 Å². The highest BCUT2D eigenvalue weighted by molar-refractivity contribution is 7.80. The minimum absolute atomic E-state index is 0.364. The van der Waals surface area contributed by atoms with Gasteiger partial charge in [-0.05, 0) is 12.5 Å². The molecule has 14 heavy (non-hydrogen) atoms. The third kappa shape index (κ3) is 3.55. The summed E-state index contributed by atoms with van der Waals surface area (Å²) in [4.78, 5) is 0. The second kappa shape index (κ2) is 4.21. The number of oxime groups is 1. The van der Waals surface area contributed by atoms with E-state index < -0.39 is 10.4 Å². The van der Waals surface area contributed by atoms with Crippen LogP contribution in [-0.4, -0.2) is 18.7 Å². The fourth-order valence-electron chi connectivity index (χ4n) is 0.835. The van der Waals surface area contributed by atoms with Crippen molar-refractivity contribution in [1.82, 2.24) is 0 Å². The van der Waals surface area contributed by atoms with Gasteiger partial charge in [-0.15, -0.1) is 0 Å². The standard InChI is InChI=1S/C8H9NO4S/c1-7(9-13-14(10,11)12)8-5-3-2-4-6-8/h2-6H,1H3,(H,10,11,12). The topological polar surface area (TPSA) is 76.0 Å². The average Bonchev–Trinajstić information content (AvgIpc) is 2.14. The molecular weight excluding hydrogens is 206 g/mol. The van der Waals surface area contributed by atoms with Crippen LogP contribution in [0, 0.1) is 0 Å². The lowest BCUT2D eigenvalue weighted by Gasteiger charge is -1.98. The first-order valence-electron chi connectivity index (χ1n) is 3.75. The fourth-order valence-corrected chi connectivity index (χ4v) is 1.04. The minimum Gasteiger partial charge on any atom is -0.253 e. The molecule has 0 saturated carbocycles. The normalized spacial score (nSPS) is 12.6. The van der Waals surface area contributed by atoms with Crippen LogP contribution < -0.4 is 0 Å². The zero-order valence-electron chi connectivity index (χ0n) is 7.41. The van der Waals surface area contributed by atoms with E-state index in [0.717, 1.165) is 5.56 Å². The lowest BCUT2D eigenvalue weighted by molar-refractivity contribution is 0.282. The van der Waals surface area contributed by atoms with Gasteiger partial charge >= 0.3 is 10.4 Å².